The molecule has 0 saturated carbocycles. The fourth-order valence-electron chi connectivity index (χ4n) is 3.97. The third-order valence-electron chi connectivity index (χ3n) is 5.61. The van der Waals surface area contributed by atoms with Crippen LogP contribution in [0.5, 0.6) is 0 Å². The second kappa shape index (κ2) is 8.51. The van der Waals surface area contributed by atoms with Crippen LogP contribution in [0, 0.1) is 0 Å². The molecule has 176 valence electrons. The predicted octanol–water partition coefficient (Wildman–Crippen LogP) is 1.96. The number of carbonyl (C=O) groups excluding carboxylic acids is 3. The molecule has 33 heavy (non-hydrogen) atoms. The van der Waals surface area contributed by atoms with Crippen LogP contribution in [0.1, 0.15) is 43.7 Å². The molecule has 0 bridgehead atoms. The van der Waals surface area contributed by atoms with Crippen LogP contribution in [0.4, 0.5) is 10.5 Å². The molecule has 1 aromatic heterocycles. The minimum absolute atomic E-state index is 0.0494. The number of hydrogen-bond acceptors (Lipinski definition) is 7. The predicted molar refractivity (Wildman–Crippen MR) is 117 cm³/mol. The Kier molecular flexibility index (Phi) is 5.87. The molecule has 1 fully saturated rings. The van der Waals surface area contributed by atoms with Gasteiger partial charge in [0.05, 0.1) is 48.8 Å². The van der Waals surface area contributed by atoms with Crippen molar-refractivity contribution in [2.24, 2.45) is 0 Å². The molecule has 1 saturated heterocycles. The summed E-state index contributed by atoms with van der Waals surface area (Å²) < 4.78 is 12.6. The summed E-state index contributed by atoms with van der Waals surface area (Å²) in [4.78, 5) is 41.1. The summed E-state index contributed by atoms with van der Waals surface area (Å²) in [5.74, 6) is -1.22. The van der Waals surface area contributed by atoms with Gasteiger partial charge in [-0.15, -0.1) is 0 Å². The summed E-state index contributed by atoms with van der Waals surface area (Å²) in [5.41, 5.74) is 0.774. The van der Waals surface area contributed by atoms with Crippen LogP contribution in [-0.4, -0.2) is 68.2 Å². The Morgan fingerprint density at radius 1 is 1.15 bits per heavy atom. The van der Waals surface area contributed by atoms with E-state index in [0.29, 0.717) is 23.5 Å². The SMILES string of the molecule is CC1Cn2ncc(N3C[C@@H](O)[C@H](OC(=O)c4ccccc4)C3=O)c2CN1C(=O)OC(C)(C)C. The van der Waals surface area contributed by atoms with Crippen molar-refractivity contribution in [2.45, 2.75) is 64.6 Å². The quantitative estimate of drug-likeness (QED) is 0.702. The molecule has 2 amide bonds. The van der Waals surface area contributed by atoms with Crippen molar-refractivity contribution < 1.29 is 29.0 Å². The summed E-state index contributed by atoms with van der Waals surface area (Å²) in [7, 11) is 0. The molecule has 10 heteroatoms. The Labute approximate surface area is 191 Å². The van der Waals surface area contributed by atoms with E-state index in [-0.39, 0.29) is 19.1 Å². The fourth-order valence-corrected chi connectivity index (χ4v) is 3.97. The van der Waals surface area contributed by atoms with E-state index in [1.54, 1.807) is 60.7 Å². The van der Waals surface area contributed by atoms with Gasteiger partial charge in [-0.1, -0.05) is 18.2 Å². The monoisotopic (exact) mass is 456 g/mol. The average molecular weight is 456 g/mol. The average Bonchev–Trinajstić information content (AvgIpc) is 3.27. The summed E-state index contributed by atoms with van der Waals surface area (Å²) in [5, 5.41) is 14.9. The zero-order chi connectivity index (χ0) is 23.9. The van der Waals surface area contributed by atoms with Gasteiger partial charge in [0.1, 0.15) is 11.7 Å². The number of carbonyl (C=O) groups is 3. The smallest absolute Gasteiger partial charge is 0.410 e. The lowest BCUT2D eigenvalue weighted by atomic mass is 10.2. The molecule has 1 unspecified atom stereocenters. The van der Waals surface area contributed by atoms with Crippen molar-refractivity contribution in [3.8, 4) is 0 Å². The van der Waals surface area contributed by atoms with Gasteiger partial charge in [-0.05, 0) is 39.8 Å². The molecule has 1 N–H and O–H groups in total. The molecule has 1 aromatic carbocycles. The number of fused-ring (bicyclic) bond motifs is 1. The number of aliphatic hydroxyl groups is 1. The number of rotatable bonds is 3. The van der Waals surface area contributed by atoms with E-state index in [4.69, 9.17) is 9.47 Å². The van der Waals surface area contributed by atoms with Crippen molar-refractivity contribution in [1.82, 2.24) is 14.7 Å². The van der Waals surface area contributed by atoms with Crippen LogP contribution < -0.4 is 4.90 Å². The molecule has 4 rings (SSSR count). The first-order valence-corrected chi connectivity index (χ1v) is 10.8. The van der Waals surface area contributed by atoms with Crippen molar-refractivity contribution in [2.75, 3.05) is 11.4 Å². The van der Waals surface area contributed by atoms with Crippen molar-refractivity contribution >= 4 is 23.7 Å². The Balaban J connectivity index is 1.53. The Morgan fingerprint density at radius 3 is 2.52 bits per heavy atom. The first-order chi connectivity index (χ1) is 15.5. The molecule has 0 aliphatic carbocycles. The van der Waals surface area contributed by atoms with Crippen LogP contribution >= 0.6 is 0 Å². The van der Waals surface area contributed by atoms with E-state index < -0.39 is 35.8 Å². The number of β-amino-alcohol motifs (C(OH)–C–C–N with tert-alkyl or cyclic N) is 1. The van der Waals surface area contributed by atoms with Gasteiger partial charge in [-0.2, -0.15) is 5.10 Å². The summed E-state index contributed by atoms with van der Waals surface area (Å²) in [6, 6.07) is 8.13. The normalized spacial score (nSPS) is 22.8. The summed E-state index contributed by atoms with van der Waals surface area (Å²) in [6.45, 7) is 7.89. The van der Waals surface area contributed by atoms with E-state index in [1.807, 2.05) is 6.92 Å². The van der Waals surface area contributed by atoms with Crippen LogP contribution in [-0.2, 0) is 27.4 Å². The highest BCUT2D eigenvalue weighted by atomic mass is 16.6. The first kappa shape index (κ1) is 22.8. The number of hydrogen-bond donors (Lipinski definition) is 1. The topological polar surface area (TPSA) is 114 Å². The third kappa shape index (κ3) is 4.56. The summed E-state index contributed by atoms with van der Waals surface area (Å²) >= 11 is 0. The molecule has 2 aliphatic rings. The van der Waals surface area contributed by atoms with Gasteiger partial charge in [-0.25, -0.2) is 9.59 Å². The first-order valence-electron chi connectivity index (χ1n) is 10.8. The zero-order valence-electron chi connectivity index (χ0n) is 19.1. The molecule has 3 heterocycles. The minimum atomic E-state index is -1.32. The zero-order valence-corrected chi connectivity index (χ0v) is 19.1. The van der Waals surface area contributed by atoms with Gasteiger partial charge in [0.25, 0.3) is 5.91 Å². The number of benzene rings is 1. The Bertz CT molecular complexity index is 1060. The van der Waals surface area contributed by atoms with Crippen LogP contribution in [0.3, 0.4) is 0 Å². The summed E-state index contributed by atoms with van der Waals surface area (Å²) in [6.07, 6.45) is -1.43. The maximum absolute atomic E-state index is 13.1. The van der Waals surface area contributed by atoms with E-state index >= 15 is 0 Å². The molecule has 2 aromatic rings. The van der Waals surface area contributed by atoms with E-state index in [9.17, 15) is 19.5 Å². The second-order valence-corrected chi connectivity index (χ2v) is 9.32. The highest BCUT2D eigenvalue weighted by molar-refractivity contribution is 6.02. The number of amides is 2. The van der Waals surface area contributed by atoms with Crippen LogP contribution in [0.25, 0.3) is 0 Å². The number of nitrogens with zero attached hydrogens (tertiary/aromatic N) is 4. The minimum Gasteiger partial charge on any atom is -0.446 e. The number of anilines is 1. The van der Waals surface area contributed by atoms with E-state index in [0.717, 1.165) is 0 Å². The lowest BCUT2D eigenvalue weighted by Gasteiger charge is -2.36. The van der Waals surface area contributed by atoms with Crippen molar-refractivity contribution in [1.29, 1.82) is 0 Å². The Morgan fingerprint density at radius 2 is 1.85 bits per heavy atom. The second-order valence-electron chi connectivity index (χ2n) is 9.32. The highest BCUT2D eigenvalue weighted by Crippen LogP contribution is 2.31. The fraction of sp³-hybridized carbons (Fsp3) is 0.478. The molecule has 2 aliphatic heterocycles. The van der Waals surface area contributed by atoms with Gasteiger partial charge >= 0.3 is 12.1 Å². The van der Waals surface area contributed by atoms with Crippen molar-refractivity contribution in [3.05, 3.63) is 47.8 Å². The number of aromatic nitrogens is 2. The van der Waals surface area contributed by atoms with Gasteiger partial charge in [0.2, 0.25) is 6.10 Å². The molecule has 0 radical (unpaired) electrons. The lowest BCUT2D eigenvalue weighted by Crippen LogP contribution is -2.47. The van der Waals surface area contributed by atoms with Gasteiger partial charge < -0.3 is 19.5 Å². The molecular weight excluding hydrogens is 428 g/mol. The van der Waals surface area contributed by atoms with E-state index in [2.05, 4.69) is 5.10 Å². The van der Waals surface area contributed by atoms with Crippen LogP contribution in [0.2, 0.25) is 0 Å². The third-order valence-corrected chi connectivity index (χ3v) is 5.61. The standard InChI is InChI=1S/C23H28N4O6/c1-14-11-27-17(12-25(14)22(31)33-23(2,3)4)16(10-24-27)26-13-18(28)19(20(26)29)32-21(30)15-8-6-5-7-9-15/h5-10,14,18-19,28H,11-13H2,1-4H3/t14?,18-,19+/m1/s1. The maximum Gasteiger partial charge on any atom is 0.410 e. The Hall–Kier alpha value is -3.40. The largest absolute Gasteiger partial charge is 0.446 e. The maximum atomic E-state index is 13.1. The molecular formula is C23H28N4O6. The van der Waals surface area contributed by atoms with E-state index in [1.165, 1.54) is 11.1 Å². The molecule has 10 nitrogen and oxygen atoms in total. The highest BCUT2D eigenvalue weighted by Gasteiger charge is 2.45. The molecule has 0 spiro atoms. The van der Waals surface area contributed by atoms with Gasteiger partial charge in [0.15, 0.2) is 0 Å². The number of ether oxygens (including phenoxy) is 2. The molecule has 3 atom stereocenters. The van der Waals surface area contributed by atoms with Gasteiger partial charge in [-0.3, -0.25) is 14.4 Å². The van der Waals surface area contributed by atoms with Gasteiger partial charge in [0, 0.05) is 0 Å². The lowest BCUT2D eigenvalue weighted by molar-refractivity contribution is -0.127. The van der Waals surface area contributed by atoms with Crippen molar-refractivity contribution in [3.63, 3.8) is 0 Å². The number of esters is 1. The van der Waals surface area contributed by atoms with Crippen LogP contribution in [0.15, 0.2) is 36.5 Å². The number of aliphatic hydroxyl groups excluding tert-OH is 1.